The van der Waals surface area contributed by atoms with Crippen molar-refractivity contribution in [1.29, 1.82) is 0 Å². The Morgan fingerprint density at radius 3 is 2.75 bits per heavy atom. The van der Waals surface area contributed by atoms with Crippen molar-refractivity contribution < 1.29 is 9.66 Å². The molecule has 0 aliphatic heterocycles. The molecule has 90 valence electrons. The molecule has 1 aromatic rings. The Hall–Kier alpha value is -1.33. The SMILES string of the molecule is Cc1cccc(OCCCN)c1[N+](=O)[O-].Cl. The fraction of sp³-hybridized carbons (Fsp3) is 0.400. The first kappa shape index (κ1) is 14.7. The van der Waals surface area contributed by atoms with Crippen molar-refractivity contribution >= 4 is 18.1 Å². The number of nitrogens with two attached hydrogens (primary N) is 1. The van der Waals surface area contributed by atoms with Gasteiger partial charge in [0.1, 0.15) is 0 Å². The van der Waals surface area contributed by atoms with Gasteiger partial charge in [0.25, 0.3) is 0 Å². The van der Waals surface area contributed by atoms with Crippen molar-refractivity contribution in [3.8, 4) is 5.75 Å². The maximum Gasteiger partial charge on any atom is 0.313 e. The Balaban J connectivity index is 0.00000225. The maximum atomic E-state index is 10.8. The summed E-state index contributed by atoms with van der Waals surface area (Å²) in [7, 11) is 0. The molecular weight excluding hydrogens is 232 g/mol. The van der Waals surface area contributed by atoms with Gasteiger partial charge in [-0.25, -0.2) is 0 Å². The van der Waals surface area contributed by atoms with Crippen LogP contribution in [-0.4, -0.2) is 18.1 Å². The second-order valence-corrected chi connectivity index (χ2v) is 3.17. The number of benzene rings is 1. The summed E-state index contributed by atoms with van der Waals surface area (Å²) in [6.07, 6.45) is 0.686. The van der Waals surface area contributed by atoms with E-state index >= 15 is 0 Å². The fourth-order valence-electron chi connectivity index (χ4n) is 1.25. The zero-order chi connectivity index (χ0) is 11.3. The van der Waals surface area contributed by atoms with Crippen LogP contribution in [0.5, 0.6) is 5.75 Å². The quantitative estimate of drug-likeness (QED) is 0.490. The number of aryl methyl sites for hydroxylation is 1. The summed E-state index contributed by atoms with van der Waals surface area (Å²) < 4.78 is 5.30. The lowest BCUT2D eigenvalue weighted by Crippen LogP contribution is -2.07. The number of nitro benzene ring substituents is 1. The molecule has 0 amide bonds. The first-order chi connectivity index (χ1) is 7.16. The van der Waals surface area contributed by atoms with Crippen molar-refractivity contribution in [2.75, 3.05) is 13.2 Å². The number of rotatable bonds is 5. The molecular formula is C10H15ClN2O3. The molecule has 0 atom stereocenters. The van der Waals surface area contributed by atoms with Gasteiger partial charge in [0.05, 0.1) is 11.5 Å². The Bertz CT molecular complexity index is 358. The van der Waals surface area contributed by atoms with Crippen LogP contribution >= 0.6 is 12.4 Å². The summed E-state index contributed by atoms with van der Waals surface area (Å²) >= 11 is 0. The minimum Gasteiger partial charge on any atom is -0.487 e. The number of nitro groups is 1. The molecule has 0 saturated carbocycles. The molecule has 0 heterocycles. The van der Waals surface area contributed by atoms with E-state index in [1.54, 1.807) is 25.1 Å². The van der Waals surface area contributed by atoms with E-state index in [-0.39, 0.29) is 18.1 Å². The second-order valence-electron chi connectivity index (χ2n) is 3.17. The average molecular weight is 247 g/mol. The molecule has 5 nitrogen and oxygen atoms in total. The maximum absolute atomic E-state index is 10.8. The van der Waals surface area contributed by atoms with Gasteiger partial charge in [0.2, 0.25) is 0 Å². The first-order valence-electron chi connectivity index (χ1n) is 4.73. The van der Waals surface area contributed by atoms with Gasteiger partial charge >= 0.3 is 5.69 Å². The minimum atomic E-state index is -0.423. The Morgan fingerprint density at radius 1 is 1.50 bits per heavy atom. The molecule has 16 heavy (non-hydrogen) atoms. The topological polar surface area (TPSA) is 78.4 Å². The molecule has 1 aromatic carbocycles. The molecule has 1 rings (SSSR count). The molecule has 0 unspecified atom stereocenters. The molecule has 0 spiro atoms. The smallest absolute Gasteiger partial charge is 0.313 e. The van der Waals surface area contributed by atoms with E-state index in [0.717, 1.165) is 0 Å². The largest absolute Gasteiger partial charge is 0.487 e. The lowest BCUT2D eigenvalue weighted by atomic mass is 10.2. The van der Waals surface area contributed by atoms with Crippen LogP contribution in [0.25, 0.3) is 0 Å². The summed E-state index contributed by atoms with van der Waals surface area (Å²) in [5.41, 5.74) is 5.95. The van der Waals surface area contributed by atoms with Gasteiger partial charge < -0.3 is 10.5 Å². The van der Waals surface area contributed by atoms with Gasteiger partial charge in [0, 0.05) is 5.56 Å². The van der Waals surface area contributed by atoms with Crippen LogP contribution in [0, 0.1) is 17.0 Å². The highest BCUT2D eigenvalue weighted by Gasteiger charge is 2.17. The van der Waals surface area contributed by atoms with Crippen LogP contribution in [-0.2, 0) is 0 Å². The van der Waals surface area contributed by atoms with Gasteiger partial charge in [-0.1, -0.05) is 12.1 Å². The van der Waals surface area contributed by atoms with Crippen LogP contribution in [0.2, 0.25) is 0 Å². The highest BCUT2D eigenvalue weighted by Crippen LogP contribution is 2.29. The number of ether oxygens (including phenoxy) is 1. The lowest BCUT2D eigenvalue weighted by Gasteiger charge is -2.06. The third kappa shape index (κ3) is 3.67. The van der Waals surface area contributed by atoms with E-state index < -0.39 is 4.92 Å². The van der Waals surface area contributed by atoms with E-state index in [0.29, 0.717) is 30.9 Å². The van der Waals surface area contributed by atoms with Crippen LogP contribution < -0.4 is 10.5 Å². The third-order valence-electron chi connectivity index (χ3n) is 1.99. The summed E-state index contributed by atoms with van der Waals surface area (Å²) in [6.45, 7) is 2.61. The van der Waals surface area contributed by atoms with Crippen molar-refractivity contribution in [2.24, 2.45) is 5.73 Å². The summed E-state index contributed by atoms with van der Waals surface area (Å²) in [6, 6.07) is 5.02. The Morgan fingerprint density at radius 2 is 2.19 bits per heavy atom. The molecule has 0 fully saturated rings. The highest BCUT2D eigenvalue weighted by atomic mass is 35.5. The van der Waals surface area contributed by atoms with Crippen LogP contribution in [0.3, 0.4) is 0 Å². The Kier molecular flexibility index (Phi) is 6.44. The predicted octanol–water partition coefficient (Wildman–Crippen LogP) is 2.05. The lowest BCUT2D eigenvalue weighted by molar-refractivity contribution is -0.386. The number of nitrogens with zero attached hydrogens (tertiary/aromatic N) is 1. The zero-order valence-electron chi connectivity index (χ0n) is 9.01. The molecule has 0 aliphatic carbocycles. The molecule has 2 N–H and O–H groups in total. The standard InChI is InChI=1S/C10H14N2O3.ClH/c1-8-4-2-5-9(10(8)12(13)14)15-7-3-6-11;/h2,4-5H,3,6-7,11H2,1H3;1H. The van der Waals surface area contributed by atoms with Crippen LogP contribution in [0.1, 0.15) is 12.0 Å². The summed E-state index contributed by atoms with van der Waals surface area (Å²) in [5, 5.41) is 10.8. The molecule has 0 aliphatic rings. The van der Waals surface area contributed by atoms with Gasteiger partial charge in [-0.3, -0.25) is 10.1 Å². The monoisotopic (exact) mass is 246 g/mol. The molecule has 0 radical (unpaired) electrons. The van der Waals surface area contributed by atoms with Crippen molar-refractivity contribution in [3.63, 3.8) is 0 Å². The molecule has 0 aromatic heterocycles. The summed E-state index contributed by atoms with van der Waals surface area (Å²) in [5.74, 6) is 0.313. The average Bonchev–Trinajstić information content (AvgIpc) is 2.17. The van der Waals surface area contributed by atoms with E-state index in [4.69, 9.17) is 10.5 Å². The van der Waals surface area contributed by atoms with Crippen LogP contribution in [0.4, 0.5) is 5.69 Å². The van der Waals surface area contributed by atoms with Crippen molar-refractivity contribution in [1.82, 2.24) is 0 Å². The molecule has 0 bridgehead atoms. The van der Waals surface area contributed by atoms with Gasteiger partial charge in [-0.15, -0.1) is 12.4 Å². The normalized spacial score (nSPS) is 9.38. The van der Waals surface area contributed by atoms with Gasteiger partial charge in [-0.2, -0.15) is 0 Å². The molecule has 6 heteroatoms. The van der Waals surface area contributed by atoms with E-state index in [1.807, 2.05) is 0 Å². The number of para-hydroxylation sites is 1. The van der Waals surface area contributed by atoms with E-state index in [2.05, 4.69) is 0 Å². The Labute approximate surface area is 100 Å². The zero-order valence-corrected chi connectivity index (χ0v) is 9.83. The predicted molar refractivity (Wildman–Crippen MR) is 64.2 cm³/mol. The first-order valence-corrected chi connectivity index (χ1v) is 4.73. The molecule has 0 saturated heterocycles. The van der Waals surface area contributed by atoms with Crippen molar-refractivity contribution in [2.45, 2.75) is 13.3 Å². The number of hydrogen-bond donors (Lipinski definition) is 1. The third-order valence-corrected chi connectivity index (χ3v) is 1.99. The highest BCUT2D eigenvalue weighted by molar-refractivity contribution is 5.85. The number of hydrogen-bond acceptors (Lipinski definition) is 4. The number of halogens is 1. The summed E-state index contributed by atoms with van der Waals surface area (Å²) in [4.78, 5) is 10.4. The minimum absolute atomic E-state index is 0. The van der Waals surface area contributed by atoms with Gasteiger partial charge in [-0.05, 0) is 26.0 Å². The second kappa shape index (κ2) is 7.03. The van der Waals surface area contributed by atoms with Crippen molar-refractivity contribution in [3.05, 3.63) is 33.9 Å². The van der Waals surface area contributed by atoms with E-state index in [1.165, 1.54) is 0 Å². The van der Waals surface area contributed by atoms with E-state index in [9.17, 15) is 10.1 Å². The van der Waals surface area contributed by atoms with Crippen LogP contribution in [0.15, 0.2) is 18.2 Å². The fourth-order valence-corrected chi connectivity index (χ4v) is 1.25. The van der Waals surface area contributed by atoms with Gasteiger partial charge in [0.15, 0.2) is 5.75 Å².